The van der Waals surface area contributed by atoms with Gasteiger partial charge in [0.2, 0.25) is 0 Å². The molecule has 4 heteroatoms. The lowest BCUT2D eigenvalue weighted by Crippen LogP contribution is -2.30. The summed E-state index contributed by atoms with van der Waals surface area (Å²) in [7, 11) is 3.68. The van der Waals surface area contributed by atoms with Crippen molar-refractivity contribution in [2.24, 2.45) is 0 Å². The molecule has 21 heavy (non-hydrogen) atoms. The number of halogens is 2. The minimum Gasteiger partial charge on any atom is -0.497 e. The highest BCUT2D eigenvalue weighted by atomic mass is 79.9. The van der Waals surface area contributed by atoms with Gasteiger partial charge in [0, 0.05) is 15.5 Å². The summed E-state index contributed by atoms with van der Waals surface area (Å²) in [6.07, 6.45) is 1.85. The van der Waals surface area contributed by atoms with Crippen molar-refractivity contribution in [3.8, 4) is 5.75 Å². The van der Waals surface area contributed by atoms with E-state index < -0.39 is 0 Å². The monoisotopic (exact) mass is 367 g/mol. The van der Waals surface area contributed by atoms with Crippen LogP contribution in [-0.2, 0) is 12.8 Å². The number of hydrogen-bond acceptors (Lipinski definition) is 2. The van der Waals surface area contributed by atoms with E-state index in [-0.39, 0.29) is 0 Å². The molecule has 1 N–H and O–H groups in total. The van der Waals surface area contributed by atoms with Crippen LogP contribution in [0.15, 0.2) is 46.9 Å². The molecule has 0 fully saturated rings. The minimum atomic E-state index is 0.340. The van der Waals surface area contributed by atoms with E-state index in [2.05, 4.69) is 33.4 Å². The Bertz CT molecular complexity index is 603. The second-order valence-electron chi connectivity index (χ2n) is 4.98. The minimum absolute atomic E-state index is 0.340. The van der Waals surface area contributed by atoms with Gasteiger partial charge in [0.1, 0.15) is 5.75 Å². The number of hydrogen-bond donors (Lipinski definition) is 1. The first kappa shape index (κ1) is 16.3. The number of likely N-dealkylation sites (N-methyl/N-ethyl adjacent to an activating group) is 1. The molecule has 0 amide bonds. The van der Waals surface area contributed by atoms with E-state index in [1.165, 1.54) is 11.1 Å². The van der Waals surface area contributed by atoms with Crippen LogP contribution in [0.5, 0.6) is 5.75 Å². The highest BCUT2D eigenvalue weighted by molar-refractivity contribution is 9.10. The number of ether oxygens (including phenoxy) is 1. The average molecular weight is 369 g/mol. The van der Waals surface area contributed by atoms with Crippen LogP contribution in [0.4, 0.5) is 0 Å². The highest BCUT2D eigenvalue weighted by Crippen LogP contribution is 2.24. The Morgan fingerprint density at radius 3 is 2.67 bits per heavy atom. The van der Waals surface area contributed by atoms with Gasteiger partial charge < -0.3 is 10.1 Å². The van der Waals surface area contributed by atoms with Crippen molar-refractivity contribution in [3.63, 3.8) is 0 Å². The van der Waals surface area contributed by atoms with Crippen LogP contribution in [0.3, 0.4) is 0 Å². The average Bonchev–Trinajstić information content (AvgIpc) is 2.48. The lowest BCUT2D eigenvalue weighted by atomic mass is 9.99. The van der Waals surface area contributed by atoms with Gasteiger partial charge in [-0.25, -0.2) is 0 Å². The van der Waals surface area contributed by atoms with Crippen molar-refractivity contribution >= 4 is 27.5 Å². The maximum Gasteiger partial charge on any atom is 0.119 e. The first-order valence-electron chi connectivity index (χ1n) is 6.86. The van der Waals surface area contributed by atoms with Gasteiger partial charge in [0.25, 0.3) is 0 Å². The van der Waals surface area contributed by atoms with Crippen LogP contribution >= 0.6 is 27.5 Å². The smallest absolute Gasteiger partial charge is 0.119 e. The fourth-order valence-electron chi connectivity index (χ4n) is 2.32. The molecule has 2 aromatic carbocycles. The first-order chi connectivity index (χ1) is 10.1. The predicted molar refractivity (Wildman–Crippen MR) is 92.4 cm³/mol. The van der Waals surface area contributed by atoms with E-state index in [9.17, 15) is 0 Å². The third-order valence-electron chi connectivity index (χ3n) is 3.50. The van der Waals surface area contributed by atoms with Gasteiger partial charge >= 0.3 is 0 Å². The second-order valence-corrected chi connectivity index (χ2v) is 6.27. The maximum atomic E-state index is 6.05. The zero-order valence-electron chi connectivity index (χ0n) is 12.2. The normalized spacial score (nSPS) is 12.2. The van der Waals surface area contributed by atoms with Gasteiger partial charge in [-0.05, 0) is 61.3 Å². The molecule has 0 spiro atoms. The Balaban J connectivity index is 2.12. The second kappa shape index (κ2) is 7.83. The Labute approximate surface area is 139 Å². The molecule has 0 saturated carbocycles. The molecule has 0 radical (unpaired) electrons. The number of methoxy groups -OCH3 is 1. The molecule has 0 aliphatic heterocycles. The van der Waals surface area contributed by atoms with Gasteiger partial charge in [0.15, 0.2) is 0 Å². The molecule has 1 unspecified atom stereocenters. The zero-order chi connectivity index (χ0) is 15.2. The fraction of sp³-hybridized carbons (Fsp3) is 0.294. The fourth-order valence-corrected chi connectivity index (χ4v) is 2.95. The Hall–Kier alpha value is -1.03. The standard InChI is InChI=1S/C17H19BrClNO/c1-20-15(9-12-4-3-5-14(19)8-12)10-13-11-16(21-2)6-7-17(13)18/h3-8,11,15,20H,9-10H2,1-2H3. The van der Waals surface area contributed by atoms with Gasteiger partial charge in [-0.3, -0.25) is 0 Å². The van der Waals surface area contributed by atoms with Crippen LogP contribution in [0.1, 0.15) is 11.1 Å². The van der Waals surface area contributed by atoms with E-state index in [1.807, 2.05) is 37.4 Å². The van der Waals surface area contributed by atoms with Gasteiger partial charge in [-0.15, -0.1) is 0 Å². The van der Waals surface area contributed by atoms with Crippen LogP contribution < -0.4 is 10.1 Å². The van der Waals surface area contributed by atoms with E-state index in [0.29, 0.717) is 6.04 Å². The molecule has 112 valence electrons. The number of nitrogens with one attached hydrogen (secondary N) is 1. The van der Waals surface area contributed by atoms with Crippen molar-refractivity contribution in [1.82, 2.24) is 5.32 Å². The molecule has 2 aromatic rings. The van der Waals surface area contributed by atoms with Crippen molar-refractivity contribution in [3.05, 3.63) is 63.1 Å². The highest BCUT2D eigenvalue weighted by Gasteiger charge is 2.12. The topological polar surface area (TPSA) is 21.3 Å². The molecule has 2 rings (SSSR count). The summed E-state index contributed by atoms with van der Waals surface area (Å²) in [5, 5.41) is 4.16. The van der Waals surface area contributed by atoms with Crippen molar-refractivity contribution in [2.45, 2.75) is 18.9 Å². The predicted octanol–water partition coefficient (Wildman–Crippen LogP) is 4.48. The number of benzene rings is 2. The van der Waals surface area contributed by atoms with Crippen molar-refractivity contribution < 1.29 is 4.74 Å². The summed E-state index contributed by atoms with van der Waals surface area (Å²) < 4.78 is 6.41. The Morgan fingerprint density at radius 2 is 2.00 bits per heavy atom. The molecule has 1 atom stereocenters. The third kappa shape index (κ3) is 4.73. The first-order valence-corrected chi connectivity index (χ1v) is 8.03. The van der Waals surface area contributed by atoms with Crippen molar-refractivity contribution in [1.29, 1.82) is 0 Å². The molecule has 0 heterocycles. The molecular formula is C17H19BrClNO. The molecule has 0 bridgehead atoms. The van der Waals surface area contributed by atoms with E-state index in [1.54, 1.807) is 7.11 Å². The summed E-state index contributed by atoms with van der Waals surface area (Å²) in [6, 6.07) is 14.4. The molecular weight excluding hydrogens is 350 g/mol. The van der Waals surface area contributed by atoms with Gasteiger partial charge in [-0.2, -0.15) is 0 Å². The largest absolute Gasteiger partial charge is 0.497 e. The number of rotatable bonds is 6. The summed E-state index contributed by atoms with van der Waals surface area (Å²) in [5.74, 6) is 0.880. The quantitative estimate of drug-likeness (QED) is 0.811. The summed E-state index contributed by atoms with van der Waals surface area (Å²) in [4.78, 5) is 0. The summed E-state index contributed by atoms with van der Waals surface area (Å²) in [6.45, 7) is 0. The van der Waals surface area contributed by atoms with Gasteiger partial charge in [0.05, 0.1) is 7.11 Å². The van der Waals surface area contributed by atoms with E-state index in [0.717, 1.165) is 28.1 Å². The molecule has 0 aliphatic carbocycles. The van der Waals surface area contributed by atoms with E-state index in [4.69, 9.17) is 16.3 Å². The Morgan fingerprint density at radius 1 is 1.19 bits per heavy atom. The lowest BCUT2D eigenvalue weighted by molar-refractivity contribution is 0.413. The molecule has 0 aromatic heterocycles. The SMILES string of the molecule is CNC(Cc1cccc(Cl)c1)Cc1cc(OC)ccc1Br. The van der Waals surface area contributed by atoms with Crippen molar-refractivity contribution in [2.75, 3.05) is 14.2 Å². The van der Waals surface area contributed by atoms with Crippen LogP contribution in [0, 0.1) is 0 Å². The molecule has 0 saturated heterocycles. The van der Waals surface area contributed by atoms with E-state index >= 15 is 0 Å². The Kier molecular flexibility index (Phi) is 6.09. The van der Waals surface area contributed by atoms with Gasteiger partial charge in [-0.1, -0.05) is 39.7 Å². The van der Waals surface area contributed by atoms with Crippen LogP contribution in [-0.4, -0.2) is 20.2 Å². The molecule has 0 aliphatic rings. The molecule has 2 nitrogen and oxygen atoms in total. The summed E-state index contributed by atoms with van der Waals surface area (Å²) in [5.41, 5.74) is 2.47. The maximum absolute atomic E-state index is 6.05. The van der Waals surface area contributed by atoms with Crippen LogP contribution in [0.25, 0.3) is 0 Å². The summed E-state index contributed by atoms with van der Waals surface area (Å²) >= 11 is 9.66. The zero-order valence-corrected chi connectivity index (χ0v) is 14.5. The third-order valence-corrected chi connectivity index (χ3v) is 4.51. The lowest BCUT2D eigenvalue weighted by Gasteiger charge is -2.18. The van der Waals surface area contributed by atoms with Crippen LogP contribution in [0.2, 0.25) is 5.02 Å².